The number of rotatable bonds is 4. The summed E-state index contributed by atoms with van der Waals surface area (Å²) < 4.78 is 2.04. The third-order valence-electron chi connectivity index (χ3n) is 4.44. The number of aromatic nitrogens is 5. The van der Waals surface area contributed by atoms with E-state index in [-0.39, 0.29) is 5.41 Å². The van der Waals surface area contributed by atoms with E-state index < -0.39 is 0 Å². The molecule has 3 aromatic rings. The summed E-state index contributed by atoms with van der Waals surface area (Å²) in [5.74, 6) is 2.47. The van der Waals surface area contributed by atoms with Crippen molar-refractivity contribution < 1.29 is 0 Å². The van der Waals surface area contributed by atoms with Crippen LogP contribution >= 0.6 is 0 Å². The second-order valence-corrected chi connectivity index (χ2v) is 6.77. The van der Waals surface area contributed by atoms with Crippen LogP contribution < -0.4 is 0 Å². The van der Waals surface area contributed by atoms with Crippen LogP contribution in [-0.2, 0) is 12.5 Å². The lowest BCUT2D eigenvalue weighted by Gasteiger charge is -2.20. The minimum atomic E-state index is -0.0634. The molecule has 0 aliphatic rings. The first-order valence-electron chi connectivity index (χ1n) is 8.21. The van der Waals surface area contributed by atoms with E-state index in [9.17, 15) is 0 Å². The van der Waals surface area contributed by atoms with Gasteiger partial charge < -0.3 is 4.57 Å². The van der Waals surface area contributed by atoms with Gasteiger partial charge in [0.25, 0.3) is 0 Å². The number of nitrogens with zero attached hydrogens (tertiary/aromatic N) is 5. The maximum atomic E-state index is 4.70. The monoisotopic (exact) mass is 321 g/mol. The van der Waals surface area contributed by atoms with Crippen LogP contribution in [0.4, 0.5) is 0 Å². The summed E-state index contributed by atoms with van der Waals surface area (Å²) in [7, 11) is 2.01. The topological polar surface area (TPSA) is 56.5 Å². The van der Waals surface area contributed by atoms with Crippen LogP contribution in [0.5, 0.6) is 0 Å². The maximum absolute atomic E-state index is 4.70. The lowest BCUT2D eigenvalue weighted by atomic mass is 9.89. The van der Waals surface area contributed by atoms with Gasteiger partial charge in [-0.2, -0.15) is 0 Å². The third kappa shape index (κ3) is 3.07. The Bertz CT molecular complexity index is 864. The number of imidazole rings is 1. The van der Waals surface area contributed by atoms with Crippen molar-refractivity contribution in [3.05, 3.63) is 48.3 Å². The number of hydrogen-bond donors (Lipinski definition) is 0. The van der Waals surface area contributed by atoms with Crippen molar-refractivity contribution in [2.45, 2.75) is 39.5 Å². The average Bonchev–Trinajstić information content (AvgIpc) is 2.93. The Labute approximate surface area is 142 Å². The predicted octanol–water partition coefficient (Wildman–Crippen LogP) is 3.94. The molecule has 0 aliphatic heterocycles. The van der Waals surface area contributed by atoms with Gasteiger partial charge in [-0.15, -0.1) is 0 Å². The summed E-state index contributed by atoms with van der Waals surface area (Å²) in [5.41, 5.74) is 2.97. The zero-order valence-electron chi connectivity index (χ0n) is 14.9. The second kappa shape index (κ2) is 6.15. The molecule has 0 radical (unpaired) electrons. The van der Waals surface area contributed by atoms with E-state index in [4.69, 9.17) is 4.98 Å². The van der Waals surface area contributed by atoms with Crippen molar-refractivity contribution in [3.8, 4) is 22.8 Å². The largest absolute Gasteiger partial charge is 0.334 e. The molecule has 0 bridgehead atoms. The van der Waals surface area contributed by atoms with Gasteiger partial charge in [0.2, 0.25) is 0 Å². The van der Waals surface area contributed by atoms with Crippen LogP contribution in [0.3, 0.4) is 0 Å². The Hall–Kier alpha value is -2.56. The molecule has 0 amide bonds. The Morgan fingerprint density at radius 3 is 2.50 bits per heavy atom. The first-order chi connectivity index (χ1) is 11.4. The fourth-order valence-electron chi connectivity index (χ4n) is 2.60. The molecule has 3 rings (SSSR count). The lowest BCUT2D eigenvalue weighted by molar-refractivity contribution is 0.471. The summed E-state index contributed by atoms with van der Waals surface area (Å²) in [5, 5.41) is 0. The van der Waals surface area contributed by atoms with Gasteiger partial charge in [0.15, 0.2) is 5.82 Å². The fourth-order valence-corrected chi connectivity index (χ4v) is 2.60. The molecule has 124 valence electrons. The summed E-state index contributed by atoms with van der Waals surface area (Å²) in [4.78, 5) is 18.0. The van der Waals surface area contributed by atoms with Gasteiger partial charge in [-0.1, -0.05) is 39.0 Å². The first kappa shape index (κ1) is 16.3. The van der Waals surface area contributed by atoms with E-state index in [0.717, 1.165) is 34.9 Å². The van der Waals surface area contributed by atoms with Crippen molar-refractivity contribution in [1.29, 1.82) is 0 Å². The molecule has 0 saturated carbocycles. The van der Waals surface area contributed by atoms with Crippen molar-refractivity contribution in [3.63, 3.8) is 0 Å². The van der Waals surface area contributed by atoms with Crippen LogP contribution in [0.15, 0.2) is 36.8 Å². The molecule has 5 nitrogen and oxygen atoms in total. The molecule has 2 aromatic heterocycles. The first-order valence-corrected chi connectivity index (χ1v) is 8.21. The van der Waals surface area contributed by atoms with Gasteiger partial charge in [0.05, 0.1) is 5.69 Å². The van der Waals surface area contributed by atoms with E-state index >= 15 is 0 Å². The van der Waals surface area contributed by atoms with Gasteiger partial charge in [-0.3, -0.25) is 0 Å². The van der Waals surface area contributed by atoms with Gasteiger partial charge >= 0.3 is 0 Å². The summed E-state index contributed by atoms with van der Waals surface area (Å²) in [6.07, 6.45) is 4.60. The van der Waals surface area contributed by atoms with E-state index in [1.165, 1.54) is 0 Å². The molecule has 24 heavy (non-hydrogen) atoms. The van der Waals surface area contributed by atoms with Crippen molar-refractivity contribution in [2.75, 3.05) is 0 Å². The van der Waals surface area contributed by atoms with Gasteiger partial charge in [0.1, 0.15) is 18.0 Å². The van der Waals surface area contributed by atoms with E-state index in [2.05, 4.69) is 47.9 Å². The zero-order valence-corrected chi connectivity index (χ0v) is 14.9. The van der Waals surface area contributed by atoms with Crippen LogP contribution in [0.2, 0.25) is 0 Å². The number of aryl methyl sites for hydroxylation is 2. The van der Waals surface area contributed by atoms with Crippen LogP contribution in [0, 0.1) is 6.92 Å². The number of benzene rings is 1. The summed E-state index contributed by atoms with van der Waals surface area (Å²) in [6.45, 7) is 8.45. The predicted molar refractivity (Wildman–Crippen MR) is 95.5 cm³/mol. The normalized spacial score (nSPS) is 11.7. The molecule has 2 heterocycles. The van der Waals surface area contributed by atoms with Crippen LogP contribution in [0.25, 0.3) is 22.8 Å². The quantitative estimate of drug-likeness (QED) is 0.730. The Morgan fingerprint density at radius 1 is 1.08 bits per heavy atom. The molecule has 1 aromatic carbocycles. The molecule has 0 unspecified atom stereocenters. The Morgan fingerprint density at radius 2 is 1.83 bits per heavy atom. The molecule has 0 atom stereocenters. The smallest absolute Gasteiger partial charge is 0.163 e. The van der Waals surface area contributed by atoms with Gasteiger partial charge in [-0.05, 0) is 19.4 Å². The summed E-state index contributed by atoms with van der Waals surface area (Å²) >= 11 is 0. The number of hydrogen-bond acceptors (Lipinski definition) is 4. The second-order valence-electron chi connectivity index (χ2n) is 6.77. The Balaban J connectivity index is 2.04. The molecular formula is C19H23N5. The van der Waals surface area contributed by atoms with E-state index in [0.29, 0.717) is 5.82 Å². The van der Waals surface area contributed by atoms with Crippen molar-refractivity contribution in [2.24, 2.45) is 7.05 Å². The standard InChI is InChI=1S/C19H23N5/c1-6-19(3,4)18-21-12-20-16(23-18)14-8-7-9-15(10-14)17-22-13(2)11-24(17)5/h7-12H,6H2,1-5H3. The zero-order chi connectivity index (χ0) is 17.3. The molecule has 0 saturated heterocycles. The van der Waals surface area contributed by atoms with Crippen LogP contribution in [-0.4, -0.2) is 24.5 Å². The minimum Gasteiger partial charge on any atom is -0.334 e. The molecule has 0 spiro atoms. The summed E-state index contributed by atoms with van der Waals surface area (Å²) in [6, 6.07) is 8.18. The Kier molecular flexibility index (Phi) is 4.18. The van der Waals surface area contributed by atoms with Crippen molar-refractivity contribution in [1.82, 2.24) is 24.5 Å². The molecule has 5 heteroatoms. The molecule has 0 aliphatic carbocycles. The fraction of sp³-hybridized carbons (Fsp3) is 0.368. The van der Waals surface area contributed by atoms with Crippen LogP contribution in [0.1, 0.15) is 38.7 Å². The van der Waals surface area contributed by atoms with Gasteiger partial charge in [0, 0.05) is 29.8 Å². The van der Waals surface area contributed by atoms with Gasteiger partial charge in [-0.25, -0.2) is 19.9 Å². The highest BCUT2D eigenvalue weighted by atomic mass is 15.0. The SMILES string of the molecule is CCC(C)(C)c1ncnc(-c2cccc(-c3nc(C)cn3C)c2)n1. The third-order valence-corrected chi connectivity index (χ3v) is 4.44. The highest BCUT2D eigenvalue weighted by Gasteiger charge is 2.22. The lowest BCUT2D eigenvalue weighted by Crippen LogP contribution is -2.20. The molecule has 0 fully saturated rings. The highest BCUT2D eigenvalue weighted by molar-refractivity contribution is 5.66. The molecular weight excluding hydrogens is 298 g/mol. The minimum absolute atomic E-state index is 0.0634. The van der Waals surface area contributed by atoms with E-state index in [1.54, 1.807) is 6.33 Å². The molecule has 0 N–H and O–H groups in total. The van der Waals surface area contributed by atoms with E-state index in [1.807, 2.05) is 36.9 Å². The van der Waals surface area contributed by atoms with Crippen molar-refractivity contribution >= 4 is 0 Å². The average molecular weight is 321 g/mol. The maximum Gasteiger partial charge on any atom is 0.163 e. The highest BCUT2D eigenvalue weighted by Crippen LogP contribution is 2.26.